The summed E-state index contributed by atoms with van der Waals surface area (Å²) in [6.07, 6.45) is 2.40. The van der Waals surface area contributed by atoms with E-state index in [1.807, 2.05) is 0 Å². The third kappa shape index (κ3) is 4.32. The Hall–Kier alpha value is -0.350. The molecule has 0 radical (unpaired) electrons. The molecule has 1 aromatic carbocycles. The fraction of sp³-hybridized carbons (Fsp3) is 0.625. The van der Waals surface area contributed by atoms with Crippen LogP contribution in [0.5, 0.6) is 0 Å². The first kappa shape index (κ1) is 17.0. The van der Waals surface area contributed by atoms with Crippen LogP contribution in [0.15, 0.2) is 12.1 Å². The molecule has 1 aromatic rings. The van der Waals surface area contributed by atoms with Crippen molar-refractivity contribution in [1.29, 1.82) is 0 Å². The van der Waals surface area contributed by atoms with Crippen molar-refractivity contribution in [2.45, 2.75) is 32.7 Å². The normalized spacial score (nSPS) is 18.2. The van der Waals surface area contributed by atoms with Crippen LogP contribution in [-0.2, 0) is 0 Å². The zero-order chi connectivity index (χ0) is 15.4. The molecule has 0 aromatic heterocycles. The van der Waals surface area contributed by atoms with Crippen LogP contribution >= 0.6 is 23.2 Å². The highest BCUT2D eigenvalue weighted by Gasteiger charge is 2.22. The molecular formula is C16H23Cl2FN2. The number of nitrogens with zero attached hydrogens (tertiary/aromatic N) is 1. The van der Waals surface area contributed by atoms with Gasteiger partial charge in [0, 0.05) is 17.6 Å². The molecule has 21 heavy (non-hydrogen) atoms. The van der Waals surface area contributed by atoms with Gasteiger partial charge in [-0.2, -0.15) is 0 Å². The van der Waals surface area contributed by atoms with Gasteiger partial charge in [0.15, 0.2) is 0 Å². The third-order valence-electron chi connectivity index (χ3n) is 4.40. The summed E-state index contributed by atoms with van der Waals surface area (Å²) in [6, 6.07) is 3.06. The van der Waals surface area contributed by atoms with E-state index < -0.39 is 5.82 Å². The summed E-state index contributed by atoms with van der Waals surface area (Å²) in [5.74, 6) is 0.297. The van der Waals surface area contributed by atoms with E-state index in [-0.39, 0.29) is 11.1 Å². The first-order chi connectivity index (χ1) is 10.0. The van der Waals surface area contributed by atoms with Crippen molar-refractivity contribution in [2.24, 2.45) is 5.92 Å². The zero-order valence-electron chi connectivity index (χ0n) is 12.6. The van der Waals surface area contributed by atoms with E-state index in [0.717, 1.165) is 31.7 Å². The average Bonchev–Trinajstić information content (AvgIpc) is 2.49. The quantitative estimate of drug-likeness (QED) is 0.797. The van der Waals surface area contributed by atoms with Crippen molar-refractivity contribution in [1.82, 2.24) is 10.2 Å². The monoisotopic (exact) mass is 332 g/mol. The molecule has 1 aliphatic rings. The number of rotatable bonds is 5. The van der Waals surface area contributed by atoms with E-state index >= 15 is 0 Å². The molecule has 0 bridgehead atoms. The maximum Gasteiger partial charge on any atom is 0.142 e. The Morgan fingerprint density at radius 2 is 1.95 bits per heavy atom. The molecule has 1 fully saturated rings. The van der Waals surface area contributed by atoms with Crippen LogP contribution in [0.2, 0.25) is 10.0 Å². The second-order valence-electron chi connectivity index (χ2n) is 5.74. The highest BCUT2D eigenvalue weighted by molar-refractivity contribution is 6.35. The predicted octanol–water partition coefficient (Wildman–Crippen LogP) is 4.52. The Kier molecular flexibility index (Phi) is 6.30. The van der Waals surface area contributed by atoms with E-state index in [1.165, 1.54) is 25.0 Å². The van der Waals surface area contributed by atoms with E-state index in [1.54, 1.807) is 0 Å². The molecule has 1 saturated heterocycles. The van der Waals surface area contributed by atoms with Gasteiger partial charge in [0.05, 0.1) is 5.02 Å². The number of hydrogen-bond acceptors (Lipinski definition) is 2. The molecular weight excluding hydrogens is 310 g/mol. The second kappa shape index (κ2) is 7.77. The third-order valence-corrected chi connectivity index (χ3v) is 5.01. The molecule has 1 atom stereocenters. The largest absolute Gasteiger partial charge is 0.317 e. The van der Waals surface area contributed by atoms with Gasteiger partial charge in [-0.15, -0.1) is 0 Å². The molecule has 0 amide bonds. The number of hydrogen-bond donors (Lipinski definition) is 1. The summed E-state index contributed by atoms with van der Waals surface area (Å²) in [6.45, 7) is 8.35. The van der Waals surface area contributed by atoms with Crippen LogP contribution < -0.4 is 5.32 Å². The number of halogens is 3. The fourth-order valence-electron chi connectivity index (χ4n) is 3.01. The van der Waals surface area contributed by atoms with E-state index in [2.05, 4.69) is 24.1 Å². The summed E-state index contributed by atoms with van der Waals surface area (Å²) in [5, 5.41) is 4.01. The molecule has 0 saturated carbocycles. The molecule has 1 N–H and O–H groups in total. The van der Waals surface area contributed by atoms with Crippen molar-refractivity contribution in [3.63, 3.8) is 0 Å². The Morgan fingerprint density at radius 1 is 1.29 bits per heavy atom. The number of piperidine rings is 1. The van der Waals surface area contributed by atoms with Gasteiger partial charge in [-0.3, -0.25) is 4.90 Å². The predicted molar refractivity (Wildman–Crippen MR) is 87.7 cm³/mol. The van der Waals surface area contributed by atoms with Crippen LogP contribution in [0.4, 0.5) is 4.39 Å². The standard InChI is InChI=1S/C16H23Cl2FN2/c1-3-21(10-12-4-6-20-7-5-12)11(2)13-8-16(19)15(18)9-14(13)17/h8-9,11-12,20H,3-7,10H2,1-2H3. The Bertz CT molecular complexity index is 476. The van der Waals surface area contributed by atoms with E-state index in [9.17, 15) is 4.39 Å². The lowest BCUT2D eigenvalue weighted by Gasteiger charge is -2.34. The molecule has 2 rings (SSSR count). The minimum Gasteiger partial charge on any atom is -0.317 e. The van der Waals surface area contributed by atoms with Crippen LogP contribution in [0.1, 0.15) is 38.3 Å². The molecule has 5 heteroatoms. The minimum absolute atomic E-state index is 0.0809. The van der Waals surface area contributed by atoms with Crippen LogP contribution in [0.3, 0.4) is 0 Å². The lowest BCUT2D eigenvalue weighted by atomic mass is 9.96. The van der Waals surface area contributed by atoms with Gasteiger partial charge in [0.2, 0.25) is 0 Å². The summed E-state index contributed by atoms with van der Waals surface area (Å²) in [7, 11) is 0. The topological polar surface area (TPSA) is 15.3 Å². The second-order valence-corrected chi connectivity index (χ2v) is 6.56. The van der Waals surface area contributed by atoms with Gasteiger partial charge >= 0.3 is 0 Å². The average molecular weight is 333 g/mol. The minimum atomic E-state index is -0.402. The lowest BCUT2D eigenvalue weighted by Crippen LogP contribution is -2.37. The molecule has 0 spiro atoms. The van der Waals surface area contributed by atoms with Gasteiger partial charge in [0.25, 0.3) is 0 Å². The first-order valence-electron chi connectivity index (χ1n) is 7.62. The summed E-state index contributed by atoms with van der Waals surface area (Å²) in [4.78, 5) is 2.37. The summed E-state index contributed by atoms with van der Waals surface area (Å²) < 4.78 is 13.7. The van der Waals surface area contributed by atoms with Crippen LogP contribution in [-0.4, -0.2) is 31.1 Å². The van der Waals surface area contributed by atoms with Crippen molar-refractivity contribution >= 4 is 23.2 Å². The van der Waals surface area contributed by atoms with E-state index in [4.69, 9.17) is 23.2 Å². The Morgan fingerprint density at radius 3 is 2.57 bits per heavy atom. The molecule has 1 aliphatic heterocycles. The Labute approximate surface area is 136 Å². The smallest absolute Gasteiger partial charge is 0.142 e. The van der Waals surface area contributed by atoms with Gasteiger partial charge in [-0.1, -0.05) is 30.1 Å². The van der Waals surface area contributed by atoms with E-state index in [0.29, 0.717) is 10.9 Å². The number of nitrogens with one attached hydrogen (secondary N) is 1. The zero-order valence-corrected chi connectivity index (χ0v) is 14.1. The summed E-state index contributed by atoms with van der Waals surface area (Å²) >= 11 is 12.0. The van der Waals surface area contributed by atoms with Gasteiger partial charge in [0.1, 0.15) is 5.82 Å². The highest BCUT2D eigenvalue weighted by atomic mass is 35.5. The van der Waals surface area contributed by atoms with Gasteiger partial charge < -0.3 is 5.32 Å². The first-order valence-corrected chi connectivity index (χ1v) is 8.37. The molecule has 2 nitrogen and oxygen atoms in total. The van der Waals surface area contributed by atoms with Gasteiger partial charge in [-0.05, 0) is 63.0 Å². The summed E-state index contributed by atoms with van der Waals surface area (Å²) in [5.41, 5.74) is 0.814. The van der Waals surface area contributed by atoms with Crippen molar-refractivity contribution in [2.75, 3.05) is 26.2 Å². The fourth-order valence-corrected chi connectivity index (χ4v) is 3.55. The molecule has 1 heterocycles. The maximum absolute atomic E-state index is 13.7. The molecule has 118 valence electrons. The lowest BCUT2D eigenvalue weighted by molar-refractivity contribution is 0.168. The van der Waals surface area contributed by atoms with Crippen molar-refractivity contribution in [3.8, 4) is 0 Å². The van der Waals surface area contributed by atoms with Crippen molar-refractivity contribution in [3.05, 3.63) is 33.6 Å². The molecule has 0 aliphatic carbocycles. The molecule has 1 unspecified atom stereocenters. The number of benzene rings is 1. The maximum atomic E-state index is 13.7. The van der Waals surface area contributed by atoms with Crippen LogP contribution in [0.25, 0.3) is 0 Å². The van der Waals surface area contributed by atoms with Crippen LogP contribution in [0, 0.1) is 11.7 Å². The van der Waals surface area contributed by atoms with Crippen molar-refractivity contribution < 1.29 is 4.39 Å². The highest BCUT2D eigenvalue weighted by Crippen LogP contribution is 2.32. The van der Waals surface area contributed by atoms with Gasteiger partial charge in [-0.25, -0.2) is 4.39 Å². The SMILES string of the molecule is CCN(CC1CCNCC1)C(C)c1cc(F)c(Cl)cc1Cl. The Balaban J connectivity index is 2.11.